The second kappa shape index (κ2) is 8.69. The summed E-state index contributed by atoms with van der Waals surface area (Å²) < 4.78 is 16.4. The Morgan fingerprint density at radius 2 is 1.96 bits per heavy atom. The maximum Gasteiger partial charge on any atom is 0.188 e. The molecule has 0 aliphatic rings. The van der Waals surface area contributed by atoms with Crippen molar-refractivity contribution in [2.24, 2.45) is 0 Å². The van der Waals surface area contributed by atoms with E-state index < -0.39 is 0 Å². The maximum absolute atomic E-state index is 12.7. The monoisotopic (exact) mass is 330 g/mol. The number of hydrogen-bond donors (Lipinski definition) is 0. The average Bonchev–Trinajstić information content (AvgIpc) is 2.62. The number of ether oxygens (including phenoxy) is 3. The van der Waals surface area contributed by atoms with E-state index in [1.807, 2.05) is 12.1 Å². The van der Waals surface area contributed by atoms with E-state index in [1.54, 1.807) is 20.3 Å². The molecule has 4 nitrogen and oxygen atoms in total. The fourth-order valence-corrected chi connectivity index (χ4v) is 2.90. The van der Waals surface area contributed by atoms with Gasteiger partial charge in [0.25, 0.3) is 0 Å². The minimum absolute atomic E-state index is 0.132. The molecule has 0 unspecified atom stereocenters. The summed E-state index contributed by atoms with van der Waals surface area (Å²) in [4.78, 5) is 12.7. The number of rotatable bonds is 9. The van der Waals surface area contributed by atoms with Crippen molar-refractivity contribution in [1.29, 1.82) is 0 Å². The summed E-state index contributed by atoms with van der Waals surface area (Å²) in [5.74, 6) is 1.35. The lowest BCUT2D eigenvalue weighted by Gasteiger charge is -2.18. The third-order valence-corrected chi connectivity index (χ3v) is 4.15. The van der Waals surface area contributed by atoms with E-state index in [9.17, 15) is 4.79 Å². The summed E-state index contributed by atoms with van der Waals surface area (Å²) in [6.07, 6.45) is 3.27. The topological polar surface area (TPSA) is 44.8 Å². The Bertz CT molecular complexity index is 706. The van der Waals surface area contributed by atoms with Crippen LogP contribution in [0.2, 0.25) is 0 Å². The van der Waals surface area contributed by atoms with E-state index in [0.717, 1.165) is 35.6 Å². The van der Waals surface area contributed by atoms with Crippen molar-refractivity contribution in [3.63, 3.8) is 0 Å². The maximum atomic E-state index is 12.7. The van der Waals surface area contributed by atoms with E-state index in [-0.39, 0.29) is 12.6 Å². The van der Waals surface area contributed by atoms with Gasteiger partial charge in [0, 0.05) is 24.5 Å². The van der Waals surface area contributed by atoms with E-state index in [4.69, 9.17) is 14.2 Å². The van der Waals surface area contributed by atoms with E-state index in [0.29, 0.717) is 23.5 Å². The Morgan fingerprint density at radius 3 is 2.58 bits per heavy atom. The summed E-state index contributed by atoms with van der Waals surface area (Å²) in [6, 6.07) is 7.82. The first-order chi connectivity index (χ1) is 11.7. The highest BCUT2D eigenvalue weighted by Crippen LogP contribution is 2.40. The van der Waals surface area contributed by atoms with Gasteiger partial charge in [-0.15, -0.1) is 0 Å². The number of carbonyl (C=O) groups excluding carboxylic acids is 1. The van der Waals surface area contributed by atoms with E-state index >= 15 is 0 Å². The van der Waals surface area contributed by atoms with Gasteiger partial charge in [0.15, 0.2) is 24.1 Å². The molecule has 0 fully saturated rings. The Hall–Kier alpha value is -2.07. The Balaban J connectivity index is 2.70. The molecule has 2 aromatic carbocycles. The Labute approximate surface area is 143 Å². The summed E-state index contributed by atoms with van der Waals surface area (Å²) in [5, 5.41) is 1.86. The second-order valence-electron chi connectivity index (χ2n) is 5.73. The SMILES string of the molecule is CCCCC(=O)c1cc(OC)c(OCOC)c2c(CC)cccc12. The van der Waals surface area contributed by atoms with Crippen LogP contribution >= 0.6 is 0 Å². The Morgan fingerprint density at radius 1 is 1.17 bits per heavy atom. The van der Waals surface area contributed by atoms with Crippen LogP contribution in [0.15, 0.2) is 24.3 Å². The molecule has 0 aliphatic heterocycles. The number of aryl methyl sites for hydroxylation is 1. The molecule has 0 radical (unpaired) electrons. The van der Waals surface area contributed by atoms with Crippen LogP contribution in [-0.4, -0.2) is 26.8 Å². The molecule has 24 heavy (non-hydrogen) atoms. The van der Waals surface area contributed by atoms with Crippen LogP contribution in [0.5, 0.6) is 11.5 Å². The lowest BCUT2D eigenvalue weighted by molar-refractivity contribution is 0.0503. The summed E-state index contributed by atoms with van der Waals surface area (Å²) in [5.41, 5.74) is 1.83. The molecule has 0 atom stereocenters. The van der Waals surface area contributed by atoms with Gasteiger partial charge in [0.2, 0.25) is 0 Å². The molecule has 0 saturated heterocycles. The summed E-state index contributed by atoms with van der Waals surface area (Å²) in [6.45, 7) is 4.31. The van der Waals surface area contributed by atoms with Crippen LogP contribution in [0.1, 0.15) is 49.0 Å². The van der Waals surface area contributed by atoms with Gasteiger partial charge in [0.05, 0.1) is 7.11 Å². The highest BCUT2D eigenvalue weighted by Gasteiger charge is 2.20. The van der Waals surface area contributed by atoms with Gasteiger partial charge in [-0.05, 0) is 29.9 Å². The minimum atomic E-state index is 0.132. The number of ketones is 1. The third-order valence-electron chi connectivity index (χ3n) is 4.15. The molecule has 0 aromatic heterocycles. The predicted octanol–water partition coefficient (Wildman–Crippen LogP) is 4.77. The van der Waals surface area contributed by atoms with Gasteiger partial charge in [0.1, 0.15) is 0 Å². The summed E-state index contributed by atoms with van der Waals surface area (Å²) in [7, 11) is 3.17. The quantitative estimate of drug-likeness (QED) is 0.491. The van der Waals surface area contributed by atoms with E-state index in [2.05, 4.69) is 19.9 Å². The van der Waals surface area contributed by atoms with Gasteiger partial charge >= 0.3 is 0 Å². The molecule has 0 heterocycles. The van der Waals surface area contributed by atoms with Crippen LogP contribution in [0.4, 0.5) is 0 Å². The molecule has 2 rings (SSSR count). The van der Waals surface area contributed by atoms with Crippen molar-refractivity contribution in [2.75, 3.05) is 21.0 Å². The summed E-state index contributed by atoms with van der Waals surface area (Å²) >= 11 is 0. The number of methoxy groups -OCH3 is 2. The van der Waals surface area contributed by atoms with Crippen LogP contribution in [0.3, 0.4) is 0 Å². The van der Waals surface area contributed by atoms with Crippen molar-refractivity contribution in [3.05, 3.63) is 35.4 Å². The fourth-order valence-electron chi connectivity index (χ4n) is 2.90. The molecule has 0 amide bonds. The molecule has 4 heteroatoms. The van der Waals surface area contributed by atoms with Crippen molar-refractivity contribution >= 4 is 16.6 Å². The zero-order valence-corrected chi connectivity index (χ0v) is 15.0. The van der Waals surface area contributed by atoms with Crippen LogP contribution < -0.4 is 9.47 Å². The van der Waals surface area contributed by atoms with Crippen LogP contribution in [-0.2, 0) is 11.2 Å². The first kappa shape index (κ1) is 18.3. The lowest BCUT2D eigenvalue weighted by atomic mass is 9.94. The number of fused-ring (bicyclic) bond motifs is 1. The second-order valence-corrected chi connectivity index (χ2v) is 5.73. The largest absolute Gasteiger partial charge is 0.493 e. The van der Waals surface area contributed by atoms with Gasteiger partial charge in [-0.3, -0.25) is 4.79 Å². The van der Waals surface area contributed by atoms with Crippen LogP contribution in [0, 0.1) is 0 Å². The first-order valence-electron chi connectivity index (χ1n) is 8.45. The van der Waals surface area contributed by atoms with Crippen molar-refractivity contribution < 1.29 is 19.0 Å². The van der Waals surface area contributed by atoms with Crippen molar-refractivity contribution in [1.82, 2.24) is 0 Å². The smallest absolute Gasteiger partial charge is 0.188 e. The zero-order valence-electron chi connectivity index (χ0n) is 15.0. The van der Waals surface area contributed by atoms with Crippen LogP contribution in [0.25, 0.3) is 10.8 Å². The average molecular weight is 330 g/mol. The number of hydrogen-bond acceptors (Lipinski definition) is 4. The first-order valence-corrected chi connectivity index (χ1v) is 8.45. The van der Waals surface area contributed by atoms with Crippen molar-refractivity contribution in [2.45, 2.75) is 39.5 Å². The van der Waals surface area contributed by atoms with Gasteiger partial charge in [-0.1, -0.05) is 38.5 Å². The fraction of sp³-hybridized carbons (Fsp3) is 0.450. The van der Waals surface area contributed by atoms with Gasteiger partial charge in [-0.25, -0.2) is 0 Å². The van der Waals surface area contributed by atoms with Crippen molar-refractivity contribution in [3.8, 4) is 11.5 Å². The van der Waals surface area contributed by atoms with Gasteiger partial charge < -0.3 is 14.2 Å². The van der Waals surface area contributed by atoms with E-state index in [1.165, 1.54) is 0 Å². The molecular weight excluding hydrogens is 304 g/mol. The minimum Gasteiger partial charge on any atom is -0.493 e. The molecular formula is C20H26O4. The van der Waals surface area contributed by atoms with Gasteiger partial charge in [-0.2, -0.15) is 0 Å². The molecule has 0 saturated carbocycles. The highest BCUT2D eigenvalue weighted by atomic mass is 16.7. The number of benzene rings is 2. The normalized spacial score (nSPS) is 10.8. The third kappa shape index (κ3) is 3.70. The molecule has 2 aromatic rings. The number of unbranched alkanes of at least 4 members (excludes halogenated alkanes) is 1. The predicted molar refractivity (Wildman–Crippen MR) is 96.2 cm³/mol. The number of Topliss-reactive ketones (excluding diaryl/α,β-unsaturated/α-hetero) is 1. The zero-order chi connectivity index (χ0) is 17.5. The highest BCUT2D eigenvalue weighted by molar-refractivity contribution is 6.11. The molecule has 0 spiro atoms. The number of carbonyl (C=O) groups is 1. The molecule has 0 bridgehead atoms. The molecule has 0 N–H and O–H groups in total. The molecule has 130 valence electrons. The Kier molecular flexibility index (Phi) is 6.62. The standard InChI is InChI=1S/C20H26O4/c1-5-7-11-17(21)16-12-18(23-4)20(24-13-22-3)19-14(6-2)9-8-10-15(16)19/h8-10,12H,5-7,11,13H2,1-4H3. The molecule has 0 aliphatic carbocycles. The lowest BCUT2D eigenvalue weighted by Crippen LogP contribution is -2.06.